The second-order valence-corrected chi connectivity index (χ2v) is 6.20. The molecule has 1 aromatic carbocycles. The van der Waals surface area contributed by atoms with E-state index in [2.05, 4.69) is 15.9 Å². The number of carbonyl (C=O) groups excluding carboxylic acids is 1. The van der Waals surface area contributed by atoms with Gasteiger partial charge in [0, 0.05) is 22.6 Å². The highest BCUT2D eigenvalue weighted by Crippen LogP contribution is 2.26. The van der Waals surface area contributed by atoms with Crippen LogP contribution in [-0.4, -0.2) is 34.5 Å². The lowest BCUT2D eigenvalue weighted by Gasteiger charge is -2.37. The standard InChI is InChI=1S/C15H18BrNO3/c1-9-8-11(16)5-6-12(9)14(18)17-7-3-4-13(10(17)2)15(19)20/h5-6,8,10,13H,3-4,7H2,1-2H3,(H,19,20)/t10-,13-/m1/s1. The second kappa shape index (κ2) is 5.95. The van der Waals surface area contributed by atoms with Gasteiger partial charge in [-0.25, -0.2) is 0 Å². The highest BCUT2D eigenvalue weighted by molar-refractivity contribution is 9.10. The van der Waals surface area contributed by atoms with Gasteiger partial charge in [-0.3, -0.25) is 9.59 Å². The molecule has 0 aliphatic carbocycles. The zero-order valence-electron chi connectivity index (χ0n) is 11.6. The van der Waals surface area contributed by atoms with E-state index in [1.165, 1.54) is 0 Å². The quantitative estimate of drug-likeness (QED) is 0.900. The van der Waals surface area contributed by atoms with Gasteiger partial charge in [0.25, 0.3) is 5.91 Å². The lowest BCUT2D eigenvalue weighted by molar-refractivity contribution is -0.144. The first-order chi connectivity index (χ1) is 9.41. The third kappa shape index (κ3) is 2.87. The fourth-order valence-corrected chi connectivity index (χ4v) is 3.26. The molecule has 1 N–H and O–H groups in total. The molecule has 20 heavy (non-hydrogen) atoms. The summed E-state index contributed by atoms with van der Waals surface area (Å²) in [6.07, 6.45) is 1.38. The molecule has 0 spiro atoms. The molecule has 1 heterocycles. The lowest BCUT2D eigenvalue weighted by Crippen LogP contribution is -2.49. The number of hydrogen-bond donors (Lipinski definition) is 1. The predicted molar refractivity (Wildman–Crippen MR) is 79.7 cm³/mol. The lowest BCUT2D eigenvalue weighted by atomic mass is 9.89. The van der Waals surface area contributed by atoms with Crippen molar-refractivity contribution in [3.63, 3.8) is 0 Å². The van der Waals surface area contributed by atoms with Crippen LogP contribution in [0.5, 0.6) is 0 Å². The number of halogens is 1. The molecule has 1 fully saturated rings. The van der Waals surface area contributed by atoms with Gasteiger partial charge in [-0.1, -0.05) is 15.9 Å². The van der Waals surface area contributed by atoms with Crippen LogP contribution in [0.3, 0.4) is 0 Å². The van der Waals surface area contributed by atoms with Crippen LogP contribution in [0.4, 0.5) is 0 Å². The van der Waals surface area contributed by atoms with Crippen LogP contribution in [0.1, 0.15) is 35.7 Å². The zero-order valence-corrected chi connectivity index (χ0v) is 13.2. The molecule has 1 aliphatic rings. The van der Waals surface area contributed by atoms with Crippen molar-refractivity contribution in [2.45, 2.75) is 32.7 Å². The van der Waals surface area contributed by atoms with Gasteiger partial charge in [-0.2, -0.15) is 0 Å². The fourth-order valence-electron chi connectivity index (χ4n) is 2.78. The fraction of sp³-hybridized carbons (Fsp3) is 0.467. The number of aryl methyl sites for hydroxylation is 1. The first-order valence-corrected chi connectivity index (χ1v) is 7.51. The first-order valence-electron chi connectivity index (χ1n) is 6.71. The first kappa shape index (κ1) is 15.0. The Hall–Kier alpha value is -1.36. The van der Waals surface area contributed by atoms with Crippen molar-refractivity contribution in [2.75, 3.05) is 6.54 Å². The summed E-state index contributed by atoms with van der Waals surface area (Å²) in [6.45, 7) is 4.34. The molecule has 108 valence electrons. The van der Waals surface area contributed by atoms with Gasteiger partial charge >= 0.3 is 5.97 Å². The predicted octanol–water partition coefficient (Wildman–Crippen LogP) is 3.08. The van der Waals surface area contributed by atoms with E-state index < -0.39 is 11.9 Å². The minimum absolute atomic E-state index is 0.0755. The average molecular weight is 340 g/mol. The van der Waals surface area contributed by atoms with Crippen molar-refractivity contribution < 1.29 is 14.7 Å². The number of carbonyl (C=O) groups is 2. The zero-order chi connectivity index (χ0) is 14.9. The van der Waals surface area contributed by atoms with Gasteiger partial charge < -0.3 is 10.0 Å². The maximum absolute atomic E-state index is 12.6. The Morgan fingerprint density at radius 2 is 2.10 bits per heavy atom. The maximum Gasteiger partial charge on any atom is 0.308 e. The molecule has 0 bridgehead atoms. The second-order valence-electron chi connectivity index (χ2n) is 5.29. The molecule has 5 heteroatoms. The van der Waals surface area contributed by atoms with E-state index in [1.807, 2.05) is 26.0 Å². The van der Waals surface area contributed by atoms with Crippen molar-refractivity contribution >= 4 is 27.8 Å². The number of amides is 1. The van der Waals surface area contributed by atoms with Crippen LogP contribution in [0.25, 0.3) is 0 Å². The molecular weight excluding hydrogens is 322 g/mol. The van der Waals surface area contributed by atoms with Crippen LogP contribution in [0, 0.1) is 12.8 Å². The van der Waals surface area contributed by atoms with Gasteiger partial charge in [-0.15, -0.1) is 0 Å². The molecule has 1 amide bonds. The average Bonchev–Trinajstić information content (AvgIpc) is 2.38. The van der Waals surface area contributed by atoms with Crippen molar-refractivity contribution in [1.82, 2.24) is 4.90 Å². The largest absolute Gasteiger partial charge is 0.481 e. The summed E-state index contributed by atoms with van der Waals surface area (Å²) in [5.41, 5.74) is 1.54. The Balaban J connectivity index is 2.26. The van der Waals surface area contributed by atoms with E-state index in [4.69, 9.17) is 0 Å². The Morgan fingerprint density at radius 1 is 1.40 bits per heavy atom. The smallest absolute Gasteiger partial charge is 0.308 e. The van der Waals surface area contributed by atoms with Gasteiger partial charge in [0.1, 0.15) is 0 Å². The van der Waals surface area contributed by atoms with Crippen LogP contribution in [-0.2, 0) is 4.79 Å². The summed E-state index contributed by atoms with van der Waals surface area (Å²) < 4.78 is 0.932. The topological polar surface area (TPSA) is 57.6 Å². The molecule has 2 rings (SSSR count). The summed E-state index contributed by atoms with van der Waals surface area (Å²) in [7, 11) is 0. The highest BCUT2D eigenvalue weighted by Gasteiger charge is 2.35. The molecule has 1 saturated heterocycles. The van der Waals surface area contributed by atoms with Crippen LogP contribution in [0.15, 0.2) is 22.7 Å². The third-order valence-electron chi connectivity index (χ3n) is 3.98. The molecule has 0 unspecified atom stereocenters. The molecule has 0 radical (unpaired) electrons. The number of nitrogens with zero attached hydrogens (tertiary/aromatic N) is 1. The van der Waals surface area contributed by atoms with Crippen molar-refractivity contribution in [3.8, 4) is 0 Å². The molecule has 4 nitrogen and oxygen atoms in total. The van der Waals surface area contributed by atoms with Crippen molar-refractivity contribution in [3.05, 3.63) is 33.8 Å². The Morgan fingerprint density at radius 3 is 2.70 bits per heavy atom. The maximum atomic E-state index is 12.6. The van der Waals surface area contributed by atoms with Crippen LogP contribution >= 0.6 is 15.9 Å². The van der Waals surface area contributed by atoms with Gasteiger partial charge in [0.05, 0.1) is 5.92 Å². The number of carboxylic acid groups (broad SMARTS) is 1. The summed E-state index contributed by atoms with van der Waals surface area (Å²) in [5, 5.41) is 9.23. The minimum Gasteiger partial charge on any atom is -0.481 e. The summed E-state index contributed by atoms with van der Waals surface area (Å²) in [6, 6.07) is 5.26. The highest BCUT2D eigenvalue weighted by atomic mass is 79.9. The number of aliphatic carboxylic acids is 1. The monoisotopic (exact) mass is 339 g/mol. The Labute approximate surface area is 126 Å². The van der Waals surface area contributed by atoms with E-state index in [1.54, 1.807) is 11.0 Å². The number of likely N-dealkylation sites (tertiary alicyclic amines) is 1. The van der Waals surface area contributed by atoms with Gasteiger partial charge in [-0.05, 0) is 50.5 Å². The van der Waals surface area contributed by atoms with Crippen molar-refractivity contribution in [2.24, 2.45) is 5.92 Å². The molecule has 0 saturated carbocycles. The number of hydrogen-bond acceptors (Lipinski definition) is 2. The molecule has 0 aromatic heterocycles. The van der Waals surface area contributed by atoms with Gasteiger partial charge in [0.2, 0.25) is 0 Å². The number of rotatable bonds is 2. The molecular formula is C15H18BrNO3. The van der Waals surface area contributed by atoms with E-state index in [0.717, 1.165) is 16.5 Å². The molecule has 2 atom stereocenters. The van der Waals surface area contributed by atoms with E-state index in [9.17, 15) is 14.7 Å². The third-order valence-corrected chi connectivity index (χ3v) is 4.48. The summed E-state index contributed by atoms with van der Waals surface area (Å²) in [4.78, 5) is 25.6. The number of piperidine rings is 1. The molecule has 1 aromatic rings. The molecule has 1 aliphatic heterocycles. The van der Waals surface area contributed by atoms with E-state index >= 15 is 0 Å². The minimum atomic E-state index is -0.817. The van der Waals surface area contributed by atoms with Crippen LogP contribution in [0.2, 0.25) is 0 Å². The Bertz CT molecular complexity index is 544. The van der Waals surface area contributed by atoms with E-state index in [-0.39, 0.29) is 11.9 Å². The van der Waals surface area contributed by atoms with E-state index in [0.29, 0.717) is 18.5 Å². The normalized spacial score (nSPS) is 22.6. The van der Waals surface area contributed by atoms with Crippen molar-refractivity contribution in [1.29, 1.82) is 0 Å². The number of benzene rings is 1. The van der Waals surface area contributed by atoms with Crippen LogP contribution < -0.4 is 0 Å². The van der Waals surface area contributed by atoms with Gasteiger partial charge in [0.15, 0.2) is 0 Å². The number of carboxylic acids is 1. The Kier molecular flexibility index (Phi) is 4.48. The summed E-state index contributed by atoms with van der Waals surface area (Å²) in [5.74, 6) is -1.36. The SMILES string of the molecule is Cc1cc(Br)ccc1C(=O)N1CCC[C@@H](C(=O)O)[C@H]1C. The summed E-state index contributed by atoms with van der Waals surface area (Å²) >= 11 is 3.38.